The summed E-state index contributed by atoms with van der Waals surface area (Å²) in [6.45, 7) is 3.42. The molecule has 0 saturated carbocycles. The minimum Gasteiger partial charge on any atom is -0.493 e. The Morgan fingerprint density at radius 1 is 1.06 bits per heavy atom. The van der Waals surface area contributed by atoms with E-state index in [-0.39, 0.29) is 18.4 Å². The maximum Gasteiger partial charge on any atom is 0.220 e. The van der Waals surface area contributed by atoms with Crippen molar-refractivity contribution in [2.24, 2.45) is 0 Å². The van der Waals surface area contributed by atoms with Gasteiger partial charge in [-0.15, -0.1) is 0 Å². The van der Waals surface area contributed by atoms with Crippen molar-refractivity contribution in [1.82, 2.24) is 10.2 Å². The molecule has 1 amide bonds. The molecule has 31 heavy (non-hydrogen) atoms. The molecule has 2 N–H and O–H groups in total. The molecular formula is C25H32N2O4. The summed E-state index contributed by atoms with van der Waals surface area (Å²) in [6.07, 6.45) is 2.15. The van der Waals surface area contributed by atoms with Crippen LogP contribution in [-0.2, 0) is 4.79 Å². The smallest absolute Gasteiger partial charge is 0.220 e. The van der Waals surface area contributed by atoms with E-state index in [4.69, 9.17) is 9.47 Å². The van der Waals surface area contributed by atoms with Gasteiger partial charge in [-0.05, 0) is 55.1 Å². The lowest BCUT2D eigenvalue weighted by atomic mass is 9.89. The lowest BCUT2D eigenvalue weighted by Gasteiger charge is -2.33. The highest BCUT2D eigenvalue weighted by atomic mass is 16.5. The molecule has 2 unspecified atom stereocenters. The number of benzene rings is 2. The Kier molecular flexibility index (Phi) is 7.10. The maximum absolute atomic E-state index is 11.5. The molecule has 0 bridgehead atoms. The summed E-state index contributed by atoms with van der Waals surface area (Å²) in [5.74, 6) is 2.08. The highest BCUT2D eigenvalue weighted by Gasteiger charge is 2.25. The Morgan fingerprint density at radius 3 is 2.52 bits per heavy atom. The number of aliphatic hydroxyl groups excluding tert-OH is 1. The van der Waals surface area contributed by atoms with E-state index >= 15 is 0 Å². The van der Waals surface area contributed by atoms with Gasteiger partial charge < -0.3 is 24.8 Å². The van der Waals surface area contributed by atoms with Gasteiger partial charge in [0.05, 0.1) is 7.11 Å². The molecule has 6 heteroatoms. The van der Waals surface area contributed by atoms with E-state index in [1.165, 1.54) is 5.56 Å². The van der Waals surface area contributed by atoms with Crippen LogP contribution in [0.15, 0.2) is 48.5 Å². The van der Waals surface area contributed by atoms with Crippen molar-refractivity contribution in [2.75, 3.05) is 39.9 Å². The summed E-state index contributed by atoms with van der Waals surface area (Å²) in [7, 11) is 1.61. The van der Waals surface area contributed by atoms with Gasteiger partial charge in [0.25, 0.3) is 0 Å². The summed E-state index contributed by atoms with van der Waals surface area (Å²) in [4.78, 5) is 13.9. The first kappa shape index (κ1) is 21.7. The van der Waals surface area contributed by atoms with Crippen LogP contribution in [0.1, 0.15) is 42.2 Å². The van der Waals surface area contributed by atoms with Crippen molar-refractivity contribution >= 4 is 5.91 Å². The van der Waals surface area contributed by atoms with E-state index < -0.39 is 6.10 Å². The molecule has 2 heterocycles. The number of aliphatic hydroxyl groups is 1. The van der Waals surface area contributed by atoms with Gasteiger partial charge in [-0.2, -0.15) is 0 Å². The average molecular weight is 425 g/mol. The number of rotatable bonds is 8. The molecule has 4 rings (SSSR count). The second kappa shape index (κ2) is 10.2. The second-order valence-electron chi connectivity index (χ2n) is 8.57. The molecule has 2 aliphatic heterocycles. The number of carbonyl (C=O) groups excluding carboxylic acids is 1. The van der Waals surface area contributed by atoms with Crippen molar-refractivity contribution in [3.05, 3.63) is 59.7 Å². The minimum atomic E-state index is -0.573. The number of hydrogen-bond acceptors (Lipinski definition) is 5. The SMILES string of the molecule is COc1ccc(C2CNC(=O)C2)cc1OCC(O)CN1CCC(c2ccccc2)CC1. The number of nitrogens with one attached hydrogen (secondary N) is 1. The van der Waals surface area contributed by atoms with Gasteiger partial charge in [-0.1, -0.05) is 36.4 Å². The molecule has 2 aromatic carbocycles. The van der Waals surface area contributed by atoms with Crippen LogP contribution in [0.25, 0.3) is 0 Å². The zero-order chi connectivity index (χ0) is 21.6. The topological polar surface area (TPSA) is 71.0 Å². The largest absolute Gasteiger partial charge is 0.493 e. The van der Waals surface area contributed by atoms with Crippen LogP contribution in [0.5, 0.6) is 11.5 Å². The van der Waals surface area contributed by atoms with Gasteiger partial charge >= 0.3 is 0 Å². The fourth-order valence-corrected chi connectivity index (χ4v) is 4.61. The predicted octanol–water partition coefficient (Wildman–Crippen LogP) is 2.92. The lowest BCUT2D eigenvalue weighted by molar-refractivity contribution is -0.119. The number of methoxy groups -OCH3 is 1. The third-order valence-electron chi connectivity index (χ3n) is 6.40. The fraction of sp³-hybridized carbons (Fsp3) is 0.480. The monoisotopic (exact) mass is 424 g/mol. The molecule has 0 spiro atoms. The van der Waals surface area contributed by atoms with Crippen LogP contribution in [-0.4, -0.2) is 61.9 Å². The maximum atomic E-state index is 11.5. The molecular weight excluding hydrogens is 392 g/mol. The fourth-order valence-electron chi connectivity index (χ4n) is 4.61. The summed E-state index contributed by atoms with van der Waals surface area (Å²) in [6, 6.07) is 16.5. The van der Waals surface area contributed by atoms with E-state index in [9.17, 15) is 9.90 Å². The van der Waals surface area contributed by atoms with Gasteiger partial charge in [-0.3, -0.25) is 4.79 Å². The Labute approximate surface area is 184 Å². The van der Waals surface area contributed by atoms with E-state index in [2.05, 4.69) is 40.5 Å². The highest BCUT2D eigenvalue weighted by molar-refractivity contribution is 5.79. The van der Waals surface area contributed by atoms with Gasteiger partial charge in [0.15, 0.2) is 11.5 Å². The number of likely N-dealkylation sites (tertiary alicyclic amines) is 1. The number of piperidine rings is 1. The first-order valence-corrected chi connectivity index (χ1v) is 11.1. The van der Waals surface area contributed by atoms with Crippen molar-refractivity contribution in [1.29, 1.82) is 0 Å². The quantitative estimate of drug-likeness (QED) is 0.682. The number of hydrogen-bond donors (Lipinski definition) is 2. The van der Waals surface area contributed by atoms with E-state index in [1.54, 1.807) is 7.11 Å². The molecule has 6 nitrogen and oxygen atoms in total. The van der Waals surface area contributed by atoms with Crippen LogP contribution in [0.2, 0.25) is 0 Å². The number of amides is 1. The molecule has 2 saturated heterocycles. The minimum absolute atomic E-state index is 0.0785. The Morgan fingerprint density at radius 2 is 1.84 bits per heavy atom. The predicted molar refractivity (Wildman–Crippen MR) is 120 cm³/mol. The standard InChI is InChI=1S/C25H32N2O4/c1-30-23-8-7-20(21-14-25(29)26-15-21)13-24(23)31-17-22(28)16-27-11-9-19(10-12-27)18-5-3-2-4-6-18/h2-8,13,19,21-22,28H,9-12,14-17H2,1H3,(H,26,29). The van der Waals surface area contributed by atoms with E-state index in [0.29, 0.717) is 36.9 Å². The van der Waals surface area contributed by atoms with Gasteiger partial charge in [0.2, 0.25) is 5.91 Å². The second-order valence-corrected chi connectivity index (χ2v) is 8.57. The molecule has 2 atom stereocenters. The zero-order valence-corrected chi connectivity index (χ0v) is 18.1. The molecule has 2 fully saturated rings. The van der Waals surface area contributed by atoms with Crippen molar-refractivity contribution in [3.63, 3.8) is 0 Å². The van der Waals surface area contributed by atoms with Crippen LogP contribution in [0.4, 0.5) is 0 Å². The van der Waals surface area contributed by atoms with Crippen LogP contribution < -0.4 is 14.8 Å². The average Bonchev–Trinajstić information content (AvgIpc) is 3.25. The molecule has 0 aliphatic carbocycles. The first-order valence-electron chi connectivity index (χ1n) is 11.1. The summed E-state index contributed by atoms with van der Waals surface area (Å²) in [5.41, 5.74) is 2.46. The number of carbonyl (C=O) groups is 1. The normalized spacial score (nSPS) is 21.0. The number of ether oxygens (including phenoxy) is 2. The Balaban J connectivity index is 1.28. The van der Waals surface area contributed by atoms with Gasteiger partial charge in [-0.25, -0.2) is 0 Å². The Hall–Kier alpha value is -2.57. The number of β-amino-alcohol motifs (C(OH)–C–C–N with tert-alkyl or cyclic N) is 1. The summed E-state index contributed by atoms with van der Waals surface area (Å²) < 4.78 is 11.4. The first-order chi connectivity index (χ1) is 15.1. The van der Waals surface area contributed by atoms with Crippen molar-refractivity contribution in [2.45, 2.75) is 37.2 Å². The highest BCUT2D eigenvalue weighted by Crippen LogP contribution is 2.33. The van der Waals surface area contributed by atoms with E-state index in [0.717, 1.165) is 31.5 Å². The molecule has 0 aromatic heterocycles. The Bertz CT molecular complexity index is 865. The van der Waals surface area contributed by atoms with E-state index in [1.807, 2.05) is 18.2 Å². The van der Waals surface area contributed by atoms with Gasteiger partial charge in [0, 0.05) is 25.4 Å². The van der Waals surface area contributed by atoms with Crippen molar-refractivity contribution in [3.8, 4) is 11.5 Å². The third kappa shape index (κ3) is 5.57. The van der Waals surface area contributed by atoms with Crippen molar-refractivity contribution < 1.29 is 19.4 Å². The van der Waals surface area contributed by atoms with Crippen LogP contribution in [0, 0.1) is 0 Å². The lowest BCUT2D eigenvalue weighted by Crippen LogP contribution is -2.40. The zero-order valence-electron chi connectivity index (χ0n) is 18.1. The van der Waals surface area contributed by atoms with Crippen LogP contribution >= 0.6 is 0 Å². The van der Waals surface area contributed by atoms with Gasteiger partial charge in [0.1, 0.15) is 12.7 Å². The summed E-state index contributed by atoms with van der Waals surface area (Å²) >= 11 is 0. The molecule has 2 aliphatic rings. The third-order valence-corrected chi connectivity index (χ3v) is 6.40. The van der Waals surface area contributed by atoms with Crippen LogP contribution in [0.3, 0.4) is 0 Å². The number of nitrogens with zero attached hydrogens (tertiary/aromatic N) is 1. The summed E-state index contributed by atoms with van der Waals surface area (Å²) in [5, 5.41) is 13.4. The molecule has 0 radical (unpaired) electrons. The molecule has 2 aromatic rings. The molecule has 166 valence electrons.